The van der Waals surface area contributed by atoms with Crippen molar-refractivity contribution in [3.05, 3.63) is 23.2 Å². The minimum atomic E-state index is 0.529. The van der Waals surface area contributed by atoms with E-state index in [4.69, 9.17) is 17.3 Å². The standard InChI is InChI=1S/C14H22ClN3/c1-2-7-18-8-5-12(6-9-18)17-14-4-3-11(15)10-13(14)16/h3-4,10,12,17H,2,5-9,16H2,1H3. The molecule has 2 rings (SSSR count). The molecule has 0 atom stereocenters. The van der Waals surface area contributed by atoms with E-state index in [1.54, 1.807) is 6.07 Å². The van der Waals surface area contributed by atoms with Gasteiger partial charge in [-0.3, -0.25) is 0 Å². The highest BCUT2D eigenvalue weighted by atomic mass is 35.5. The summed E-state index contributed by atoms with van der Waals surface area (Å²) < 4.78 is 0. The van der Waals surface area contributed by atoms with E-state index in [1.807, 2.05) is 12.1 Å². The van der Waals surface area contributed by atoms with Crippen LogP contribution in [-0.4, -0.2) is 30.6 Å². The summed E-state index contributed by atoms with van der Waals surface area (Å²) in [6, 6.07) is 6.18. The maximum atomic E-state index is 5.96. The maximum absolute atomic E-state index is 5.96. The Bertz CT molecular complexity index is 387. The molecular weight excluding hydrogens is 246 g/mol. The lowest BCUT2D eigenvalue weighted by Gasteiger charge is -2.32. The van der Waals surface area contributed by atoms with Gasteiger partial charge in [0.2, 0.25) is 0 Å². The zero-order valence-corrected chi connectivity index (χ0v) is 11.7. The number of piperidine rings is 1. The van der Waals surface area contributed by atoms with Gasteiger partial charge in [0.05, 0.1) is 11.4 Å². The van der Waals surface area contributed by atoms with Crippen LogP contribution in [0.4, 0.5) is 11.4 Å². The van der Waals surface area contributed by atoms with Gasteiger partial charge >= 0.3 is 0 Å². The highest BCUT2D eigenvalue weighted by Gasteiger charge is 2.18. The number of benzene rings is 1. The van der Waals surface area contributed by atoms with Crippen LogP contribution in [0.2, 0.25) is 5.02 Å². The van der Waals surface area contributed by atoms with Crippen LogP contribution in [0.25, 0.3) is 0 Å². The molecule has 0 amide bonds. The van der Waals surface area contributed by atoms with Gasteiger partial charge in [0.25, 0.3) is 0 Å². The average Bonchev–Trinajstić information content (AvgIpc) is 2.35. The van der Waals surface area contributed by atoms with Crippen LogP contribution in [-0.2, 0) is 0 Å². The molecule has 1 aromatic carbocycles. The number of likely N-dealkylation sites (tertiary alicyclic amines) is 1. The molecule has 3 N–H and O–H groups in total. The summed E-state index contributed by atoms with van der Waals surface area (Å²) in [5.41, 5.74) is 7.70. The third-order valence-corrected chi connectivity index (χ3v) is 3.74. The van der Waals surface area contributed by atoms with Crippen molar-refractivity contribution in [2.75, 3.05) is 30.7 Å². The van der Waals surface area contributed by atoms with Crippen molar-refractivity contribution >= 4 is 23.0 Å². The number of rotatable bonds is 4. The number of nitrogen functional groups attached to an aromatic ring is 1. The van der Waals surface area contributed by atoms with Crippen LogP contribution >= 0.6 is 11.6 Å². The SMILES string of the molecule is CCCN1CCC(Nc2ccc(Cl)cc2N)CC1. The normalized spacial score (nSPS) is 17.9. The second-order valence-electron chi connectivity index (χ2n) is 4.99. The molecule has 0 bridgehead atoms. The van der Waals surface area contributed by atoms with Crippen LogP contribution in [0.1, 0.15) is 26.2 Å². The number of hydrogen-bond donors (Lipinski definition) is 2. The summed E-state index contributed by atoms with van der Waals surface area (Å²) in [5, 5.41) is 4.22. The molecule has 100 valence electrons. The van der Waals surface area contributed by atoms with Crippen LogP contribution in [0.3, 0.4) is 0 Å². The first-order valence-corrected chi connectivity index (χ1v) is 7.10. The van der Waals surface area contributed by atoms with Crippen LogP contribution in [0.15, 0.2) is 18.2 Å². The van der Waals surface area contributed by atoms with Crippen molar-refractivity contribution in [3.8, 4) is 0 Å². The minimum absolute atomic E-state index is 0.529. The zero-order valence-electron chi connectivity index (χ0n) is 11.0. The molecule has 1 aliphatic heterocycles. The van der Waals surface area contributed by atoms with Crippen molar-refractivity contribution in [3.63, 3.8) is 0 Å². The fraction of sp³-hybridized carbons (Fsp3) is 0.571. The first-order chi connectivity index (χ1) is 8.69. The van der Waals surface area contributed by atoms with Crippen molar-refractivity contribution in [1.29, 1.82) is 0 Å². The van der Waals surface area contributed by atoms with Gasteiger partial charge < -0.3 is 16.0 Å². The van der Waals surface area contributed by atoms with Crippen molar-refractivity contribution in [2.24, 2.45) is 0 Å². The fourth-order valence-electron chi connectivity index (χ4n) is 2.50. The topological polar surface area (TPSA) is 41.3 Å². The van der Waals surface area contributed by atoms with E-state index in [1.165, 1.54) is 38.9 Å². The van der Waals surface area contributed by atoms with E-state index in [9.17, 15) is 0 Å². The van der Waals surface area contributed by atoms with E-state index in [2.05, 4.69) is 17.1 Å². The zero-order chi connectivity index (χ0) is 13.0. The Labute approximate surface area is 114 Å². The van der Waals surface area contributed by atoms with E-state index >= 15 is 0 Å². The predicted molar refractivity (Wildman–Crippen MR) is 79.2 cm³/mol. The van der Waals surface area contributed by atoms with Gasteiger partial charge in [0.15, 0.2) is 0 Å². The molecule has 1 aromatic rings. The first-order valence-electron chi connectivity index (χ1n) is 6.73. The molecule has 3 nitrogen and oxygen atoms in total. The van der Waals surface area contributed by atoms with Gasteiger partial charge in [-0.1, -0.05) is 18.5 Å². The Morgan fingerprint density at radius 1 is 1.39 bits per heavy atom. The number of halogens is 1. The molecule has 1 fully saturated rings. The highest BCUT2D eigenvalue weighted by molar-refractivity contribution is 6.31. The Morgan fingerprint density at radius 3 is 2.72 bits per heavy atom. The second kappa shape index (κ2) is 6.30. The van der Waals surface area contributed by atoms with Crippen molar-refractivity contribution < 1.29 is 0 Å². The predicted octanol–water partition coefficient (Wildman–Crippen LogP) is 3.21. The third kappa shape index (κ3) is 3.53. The molecule has 1 aliphatic rings. The molecule has 18 heavy (non-hydrogen) atoms. The number of hydrogen-bond acceptors (Lipinski definition) is 3. The molecular formula is C14H22ClN3. The van der Waals surface area contributed by atoms with Gasteiger partial charge in [-0.15, -0.1) is 0 Å². The first kappa shape index (κ1) is 13.5. The van der Waals surface area contributed by atoms with Crippen LogP contribution in [0.5, 0.6) is 0 Å². The van der Waals surface area contributed by atoms with Crippen molar-refractivity contribution in [2.45, 2.75) is 32.2 Å². The summed E-state index contributed by atoms with van der Waals surface area (Å²) >= 11 is 5.90. The molecule has 0 aromatic heterocycles. The molecule has 0 aliphatic carbocycles. The Morgan fingerprint density at radius 2 is 2.11 bits per heavy atom. The third-order valence-electron chi connectivity index (χ3n) is 3.50. The number of nitrogens with two attached hydrogens (primary N) is 1. The van der Waals surface area contributed by atoms with Gasteiger partial charge in [0.1, 0.15) is 0 Å². The minimum Gasteiger partial charge on any atom is -0.397 e. The molecule has 0 unspecified atom stereocenters. The molecule has 0 spiro atoms. The maximum Gasteiger partial charge on any atom is 0.0577 e. The van der Waals surface area contributed by atoms with Gasteiger partial charge in [-0.2, -0.15) is 0 Å². The lowest BCUT2D eigenvalue weighted by Crippen LogP contribution is -2.39. The van der Waals surface area contributed by atoms with E-state index in [-0.39, 0.29) is 0 Å². The lowest BCUT2D eigenvalue weighted by molar-refractivity contribution is 0.219. The Balaban J connectivity index is 1.87. The summed E-state index contributed by atoms with van der Waals surface area (Å²) in [7, 11) is 0. The molecule has 1 saturated heterocycles. The number of nitrogens with one attached hydrogen (secondary N) is 1. The van der Waals surface area contributed by atoms with Crippen LogP contribution in [0, 0.1) is 0 Å². The van der Waals surface area contributed by atoms with Gasteiger partial charge in [-0.25, -0.2) is 0 Å². The smallest absolute Gasteiger partial charge is 0.0577 e. The monoisotopic (exact) mass is 267 g/mol. The number of anilines is 2. The second-order valence-corrected chi connectivity index (χ2v) is 5.43. The summed E-state index contributed by atoms with van der Waals surface area (Å²) in [6.07, 6.45) is 3.60. The molecule has 4 heteroatoms. The Kier molecular flexibility index (Phi) is 4.72. The van der Waals surface area contributed by atoms with Gasteiger partial charge in [-0.05, 0) is 44.0 Å². The lowest BCUT2D eigenvalue weighted by atomic mass is 10.0. The highest BCUT2D eigenvalue weighted by Crippen LogP contribution is 2.25. The summed E-state index contributed by atoms with van der Waals surface area (Å²) in [5.74, 6) is 0. The number of nitrogens with zero attached hydrogens (tertiary/aromatic N) is 1. The largest absolute Gasteiger partial charge is 0.397 e. The van der Waals surface area contributed by atoms with E-state index < -0.39 is 0 Å². The van der Waals surface area contributed by atoms with E-state index in [0.29, 0.717) is 11.1 Å². The fourth-order valence-corrected chi connectivity index (χ4v) is 2.68. The van der Waals surface area contributed by atoms with E-state index in [0.717, 1.165) is 11.4 Å². The molecule has 0 saturated carbocycles. The molecule has 1 heterocycles. The van der Waals surface area contributed by atoms with Gasteiger partial charge in [0, 0.05) is 24.2 Å². The quantitative estimate of drug-likeness (QED) is 0.823. The molecule has 0 radical (unpaired) electrons. The average molecular weight is 268 g/mol. The summed E-state index contributed by atoms with van der Waals surface area (Å²) in [4.78, 5) is 2.53. The van der Waals surface area contributed by atoms with Crippen molar-refractivity contribution in [1.82, 2.24) is 4.90 Å². The summed E-state index contributed by atoms with van der Waals surface area (Å²) in [6.45, 7) is 5.81. The Hall–Kier alpha value is -0.930. The van der Waals surface area contributed by atoms with Crippen LogP contribution < -0.4 is 11.1 Å².